The summed E-state index contributed by atoms with van der Waals surface area (Å²) in [5.41, 5.74) is 0.474. The van der Waals surface area contributed by atoms with Gasteiger partial charge in [-0.2, -0.15) is 0 Å². The molecule has 28 heavy (non-hydrogen) atoms. The minimum Gasteiger partial charge on any atom is -0.490 e. The Balaban J connectivity index is 1.94. The summed E-state index contributed by atoms with van der Waals surface area (Å²) >= 11 is 1.18. The van der Waals surface area contributed by atoms with E-state index in [0.29, 0.717) is 27.3 Å². The monoisotopic (exact) mass is 395 g/mol. The molecule has 2 aromatic heterocycles. The Kier molecular flexibility index (Phi) is 6.14. The van der Waals surface area contributed by atoms with Crippen LogP contribution in [0, 0.1) is 12.3 Å². The first kappa shape index (κ1) is 19.3. The van der Waals surface area contributed by atoms with Crippen LogP contribution in [0.1, 0.15) is 23.0 Å². The number of hydrogen-bond donors (Lipinski definition) is 1. The number of carbonyl (C=O) groups is 1. The number of ether oxygens (including phenoxy) is 2. The fourth-order valence-corrected chi connectivity index (χ4v) is 3.29. The van der Waals surface area contributed by atoms with Crippen molar-refractivity contribution in [2.24, 2.45) is 0 Å². The van der Waals surface area contributed by atoms with Gasteiger partial charge in [-0.1, -0.05) is 12.0 Å². The molecule has 1 aromatic carbocycles. The van der Waals surface area contributed by atoms with Crippen molar-refractivity contribution >= 4 is 29.3 Å². The summed E-state index contributed by atoms with van der Waals surface area (Å²) in [5, 5.41) is 0. The molecule has 6 nitrogen and oxygen atoms in total. The van der Waals surface area contributed by atoms with Crippen LogP contribution >= 0.6 is 11.3 Å². The molecule has 0 fully saturated rings. The van der Waals surface area contributed by atoms with Crippen LogP contribution in [-0.2, 0) is 0 Å². The molecule has 1 N–H and O–H groups in total. The number of terminal acetylenes is 1. The first-order valence-electron chi connectivity index (χ1n) is 8.44. The van der Waals surface area contributed by atoms with Crippen molar-refractivity contribution < 1.29 is 18.7 Å². The fraction of sp³-hybridized carbons (Fsp3) is 0.143. The van der Waals surface area contributed by atoms with Gasteiger partial charge in [-0.3, -0.25) is 9.59 Å². The number of furan rings is 1. The Morgan fingerprint density at radius 3 is 2.89 bits per heavy atom. The molecule has 142 valence electrons. The van der Waals surface area contributed by atoms with Gasteiger partial charge in [0.15, 0.2) is 17.3 Å². The predicted molar refractivity (Wildman–Crippen MR) is 107 cm³/mol. The average Bonchev–Trinajstić information content (AvgIpc) is 3.32. The lowest BCUT2D eigenvalue weighted by Crippen LogP contribution is -2.20. The molecule has 3 rings (SSSR count). The zero-order valence-corrected chi connectivity index (χ0v) is 15.9. The number of aromatic nitrogens is 1. The van der Waals surface area contributed by atoms with Crippen molar-refractivity contribution in [3.63, 3.8) is 0 Å². The first-order valence-corrected chi connectivity index (χ1v) is 9.26. The summed E-state index contributed by atoms with van der Waals surface area (Å²) in [4.78, 5) is 27.0. The quantitative estimate of drug-likeness (QED) is 0.488. The van der Waals surface area contributed by atoms with Gasteiger partial charge in [0.2, 0.25) is 5.78 Å². The Morgan fingerprint density at radius 1 is 1.32 bits per heavy atom. The number of hydrogen-bond acceptors (Lipinski definition) is 6. The van der Waals surface area contributed by atoms with Crippen LogP contribution in [0.3, 0.4) is 0 Å². The van der Waals surface area contributed by atoms with E-state index in [4.69, 9.17) is 20.3 Å². The number of carbonyl (C=O) groups excluding carboxylic acids is 1. The Labute approximate surface area is 164 Å². The van der Waals surface area contributed by atoms with Crippen LogP contribution in [0.15, 0.2) is 45.8 Å². The van der Waals surface area contributed by atoms with Crippen molar-refractivity contribution in [2.45, 2.75) is 6.92 Å². The van der Waals surface area contributed by atoms with Gasteiger partial charge >= 0.3 is 0 Å². The second-order valence-corrected chi connectivity index (χ2v) is 6.63. The highest BCUT2D eigenvalue weighted by molar-refractivity contribution is 7.07. The number of aromatic amines is 1. The largest absolute Gasteiger partial charge is 0.490 e. The van der Waals surface area contributed by atoms with E-state index in [0.717, 1.165) is 5.56 Å². The van der Waals surface area contributed by atoms with E-state index in [9.17, 15) is 9.59 Å². The lowest BCUT2D eigenvalue weighted by molar-refractivity contribution is 0.103. The molecule has 0 aliphatic carbocycles. The van der Waals surface area contributed by atoms with Crippen molar-refractivity contribution in [3.8, 4) is 23.8 Å². The normalized spacial score (nSPS) is 12.0. The van der Waals surface area contributed by atoms with Gasteiger partial charge in [-0.25, -0.2) is 0 Å². The van der Waals surface area contributed by atoms with Crippen LogP contribution in [0.5, 0.6) is 11.5 Å². The topological polar surface area (TPSA) is 81.5 Å². The lowest BCUT2D eigenvalue weighted by atomic mass is 10.2. The number of H-pyrrole nitrogens is 1. The maximum absolute atomic E-state index is 12.2. The third kappa shape index (κ3) is 4.61. The van der Waals surface area contributed by atoms with Crippen LogP contribution in [0.25, 0.3) is 12.2 Å². The molecule has 3 aromatic rings. The van der Waals surface area contributed by atoms with E-state index in [1.807, 2.05) is 6.92 Å². The molecule has 0 aliphatic heterocycles. The fourth-order valence-electron chi connectivity index (χ4n) is 2.41. The highest BCUT2D eigenvalue weighted by Crippen LogP contribution is 2.28. The second kappa shape index (κ2) is 8.93. The smallest absolute Gasteiger partial charge is 0.266 e. The SMILES string of the molecule is C#CCOc1ccc(/C=c2\s/c(=C\C(=O)c3ccco3)[nH]c2=O)cc1OCC. The van der Waals surface area contributed by atoms with E-state index in [1.54, 1.807) is 36.4 Å². The van der Waals surface area contributed by atoms with Crippen molar-refractivity contribution in [2.75, 3.05) is 13.2 Å². The molecule has 2 heterocycles. The average molecular weight is 395 g/mol. The molecule has 0 saturated heterocycles. The van der Waals surface area contributed by atoms with Crippen LogP contribution in [0.2, 0.25) is 0 Å². The third-order valence-corrected chi connectivity index (χ3v) is 4.55. The molecule has 0 spiro atoms. The van der Waals surface area contributed by atoms with Gasteiger partial charge in [0.05, 0.1) is 22.1 Å². The van der Waals surface area contributed by atoms with Gasteiger partial charge in [0.25, 0.3) is 5.56 Å². The number of thiazole rings is 1. The van der Waals surface area contributed by atoms with E-state index in [-0.39, 0.29) is 23.7 Å². The van der Waals surface area contributed by atoms with Gasteiger partial charge < -0.3 is 18.9 Å². The number of ketones is 1. The molecule has 0 saturated carbocycles. The summed E-state index contributed by atoms with van der Waals surface area (Å²) in [6.45, 7) is 2.46. The van der Waals surface area contributed by atoms with Crippen molar-refractivity contribution in [3.05, 3.63) is 67.5 Å². The van der Waals surface area contributed by atoms with Crippen molar-refractivity contribution in [1.29, 1.82) is 0 Å². The highest BCUT2D eigenvalue weighted by Gasteiger charge is 2.07. The van der Waals surface area contributed by atoms with Crippen LogP contribution < -0.4 is 24.2 Å². The highest BCUT2D eigenvalue weighted by atomic mass is 32.1. The van der Waals surface area contributed by atoms with Gasteiger partial charge in [0, 0.05) is 6.08 Å². The lowest BCUT2D eigenvalue weighted by Gasteiger charge is -2.10. The van der Waals surface area contributed by atoms with Crippen LogP contribution in [0.4, 0.5) is 0 Å². The Bertz CT molecular complexity index is 1180. The summed E-state index contributed by atoms with van der Waals surface area (Å²) in [6.07, 6.45) is 9.70. The number of benzene rings is 1. The molecule has 0 aliphatic rings. The number of nitrogens with one attached hydrogen (secondary N) is 1. The standard InChI is InChI=1S/C21H17NO5S/c1-3-9-26-17-8-7-14(11-18(17)25-4-2)12-19-21(24)22-20(28-19)13-15(23)16-6-5-10-27-16/h1,5-8,10-13H,4,9H2,2H3,(H,22,24)/b19-12-,20-13-. The molecule has 7 heteroatoms. The van der Waals surface area contributed by atoms with Gasteiger partial charge in [-0.05, 0) is 42.8 Å². The number of rotatable bonds is 7. The molecule has 0 bridgehead atoms. The summed E-state index contributed by atoms with van der Waals surface area (Å²) in [7, 11) is 0. The van der Waals surface area contributed by atoms with E-state index >= 15 is 0 Å². The second-order valence-electron chi connectivity index (χ2n) is 5.55. The van der Waals surface area contributed by atoms with E-state index in [1.165, 1.54) is 23.7 Å². The van der Waals surface area contributed by atoms with Crippen molar-refractivity contribution in [1.82, 2.24) is 4.98 Å². The van der Waals surface area contributed by atoms with Gasteiger partial charge in [0.1, 0.15) is 6.61 Å². The summed E-state index contributed by atoms with van der Waals surface area (Å²) < 4.78 is 17.0. The van der Waals surface area contributed by atoms with E-state index < -0.39 is 0 Å². The maximum atomic E-state index is 12.2. The van der Waals surface area contributed by atoms with Crippen LogP contribution in [-0.4, -0.2) is 24.0 Å². The molecular weight excluding hydrogens is 378 g/mol. The Hall–Kier alpha value is -3.50. The zero-order valence-electron chi connectivity index (χ0n) is 15.1. The predicted octanol–water partition coefficient (Wildman–Crippen LogP) is 1.93. The number of Topliss-reactive ketones (excluding diaryl/α,β-unsaturated/α-hetero) is 1. The summed E-state index contributed by atoms with van der Waals surface area (Å²) in [5.74, 6) is 3.38. The molecule has 0 amide bonds. The summed E-state index contributed by atoms with van der Waals surface area (Å²) in [6, 6.07) is 8.50. The third-order valence-electron chi connectivity index (χ3n) is 3.58. The van der Waals surface area contributed by atoms with Gasteiger partial charge in [-0.15, -0.1) is 17.8 Å². The Morgan fingerprint density at radius 2 is 2.18 bits per heavy atom. The molecule has 0 unspecified atom stereocenters. The molecule has 0 atom stereocenters. The zero-order chi connectivity index (χ0) is 19.9. The minimum absolute atomic E-state index is 0.136. The minimum atomic E-state index is -0.317. The maximum Gasteiger partial charge on any atom is 0.266 e. The van der Waals surface area contributed by atoms with E-state index in [2.05, 4.69) is 10.9 Å². The molecule has 0 radical (unpaired) electrons. The first-order chi connectivity index (χ1) is 13.6. The molecular formula is C21H17NO5S.